The Hall–Kier alpha value is -2.60. The van der Waals surface area contributed by atoms with E-state index in [0.29, 0.717) is 41.7 Å². The number of rotatable bonds is 6. The van der Waals surface area contributed by atoms with Crippen LogP contribution in [0.4, 0.5) is 5.82 Å². The van der Waals surface area contributed by atoms with Crippen molar-refractivity contribution in [3.8, 4) is 5.75 Å². The maximum absolute atomic E-state index is 10.7. The fraction of sp³-hybridized carbons (Fsp3) is 0.556. The summed E-state index contributed by atoms with van der Waals surface area (Å²) in [5.74, 6) is 3.41. The fourth-order valence-electron chi connectivity index (χ4n) is 7.25. The molecule has 0 aliphatic heterocycles. The monoisotopic (exact) mass is 449 g/mol. The number of aliphatic hydroxyl groups excluding tert-OH is 1. The first-order valence-electron chi connectivity index (χ1n) is 12.3. The highest BCUT2D eigenvalue weighted by atomic mass is 16.5. The summed E-state index contributed by atoms with van der Waals surface area (Å²) in [6, 6.07) is 12.5. The number of methoxy groups -OCH3 is 1. The summed E-state index contributed by atoms with van der Waals surface area (Å²) >= 11 is 0. The zero-order valence-corrected chi connectivity index (χ0v) is 19.6. The molecular weight excluding hydrogens is 414 g/mol. The molecule has 0 radical (unpaired) electrons. The van der Waals surface area contributed by atoms with Crippen LogP contribution in [-0.4, -0.2) is 34.3 Å². The number of hydrogen-bond acceptors (Lipinski definition) is 6. The lowest BCUT2D eigenvalue weighted by atomic mass is 9.54. The molecule has 4 unspecified atom stereocenters. The van der Waals surface area contributed by atoms with E-state index in [-0.39, 0.29) is 5.41 Å². The van der Waals surface area contributed by atoms with Crippen molar-refractivity contribution in [1.82, 2.24) is 4.98 Å². The van der Waals surface area contributed by atoms with E-state index in [2.05, 4.69) is 46.6 Å². The molecule has 1 heterocycles. The molecule has 2 fully saturated rings. The molecule has 3 N–H and O–H groups in total. The lowest BCUT2D eigenvalue weighted by Crippen LogP contribution is -2.44. The van der Waals surface area contributed by atoms with E-state index in [9.17, 15) is 10.3 Å². The number of aromatic nitrogens is 1. The summed E-state index contributed by atoms with van der Waals surface area (Å²) in [6.45, 7) is 2.32. The Labute approximate surface area is 196 Å². The maximum Gasteiger partial charge on any atom is 0.131 e. The minimum atomic E-state index is -0.683. The first kappa shape index (κ1) is 22.2. The van der Waals surface area contributed by atoms with Gasteiger partial charge in [0.05, 0.1) is 12.8 Å². The number of aliphatic hydroxyl groups is 1. The number of oxime groups is 1. The molecule has 6 nitrogen and oxygen atoms in total. The average Bonchev–Trinajstić information content (AvgIpc) is 3.14. The van der Waals surface area contributed by atoms with E-state index in [0.717, 1.165) is 37.8 Å². The number of anilines is 1. The van der Waals surface area contributed by atoms with Crippen LogP contribution in [-0.2, 0) is 6.42 Å². The Bertz CT molecular complexity index is 1030. The van der Waals surface area contributed by atoms with Gasteiger partial charge in [-0.3, -0.25) is 0 Å². The fourth-order valence-corrected chi connectivity index (χ4v) is 7.25. The number of pyridine rings is 1. The van der Waals surface area contributed by atoms with Crippen molar-refractivity contribution in [2.45, 2.75) is 64.0 Å². The van der Waals surface area contributed by atoms with Crippen LogP contribution in [0.15, 0.2) is 47.8 Å². The van der Waals surface area contributed by atoms with Crippen molar-refractivity contribution in [3.05, 3.63) is 53.7 Å². The first-order valence-corrected chi connectivity index (χ1v) is 12.3. The van der Waals surface area contributed by atoms with Crippen LogP contribution in [0.3, 0.4) is 0 Å². The van der Waals surface area contributed by atoms with Crippen molar-refractivity contribution in [2.24, 2.45) is 28.3 Å². The number of benzene rings is 1. The van der Waals surface area contributed by atoms with Crippen molar-refractivity contribution in [3.63, 3.8) is 0 Å². The number of ether oxygens (including phenoxy) is 1. The lowest BCUT2D eigenvalue weighted by molar-refractivity contribution is 0.0507. The smallest absolute Gasteiger partial charge is 0.131 e. The molecule has 3 aliphatic carbocycles. The first-order chi connectivity index (χ1) is 16.0. The molecule has 176 valence electrons. The van der Waals surface area contributed by atoms with Gasteiger partial charge in [0.1, 0.15) is 17.8 Å². The molecule has 2 aromatic rings. The zero-order chi connectivity index (χ0) is 23.0. The topological polar surface area (TPSA) is 87.0 Å². The highest BCUT2D eigenvalue weighted by molar-refractivity contribution is 5.92. The molecule has 0 spiro atoms. The van der Waals surface area contributed by atoms with Gasteiger partial charge in [0.2, 0.25) is 0 Å². The predicted octanol–water partition coefficient (Wildman–Crippen LogP) is 5.21. The van der Waals surface area contributed by atoms with Crippen molar-refractivity contribution in [2.75, 3.05) is 12.4 Å². The molecule has 0 saturated heterocycles. The molecule has 3 aliphatic rings. The number of hydrogen-bond donors (Lipinski definition) is 3. The third-order valence-electron chi connectivity index (χ3n) is 8.73. The van der Waals surface area contributed by atoms with Gasteiger partial charge in [-0.2, -0.15) is 0 Å². The zero-order valence-electron chi connectivity index (χ0n) is 19.6. The lowest BCUT2D eigenvalue weighted by Gasteiger charge is -2.50. The molecule has 1 aromatic heterocycles. The number of nitrogens with zero attached hydrogens (tertiary/aromatic N) is 2. The van der Waals surface area contributed by atoms with Crippen molar-refractivity contribution >= 4 is 11.5 Å². The quantitative estimate of drug-likeness (QED) is 0.320. The molecule has 1 aromatic carbocycles. The molecule has 6 atom stereocenters. The molecule has 0 bridgehead atoms. The standard InChI is InChI=1S/C27H35N3O3/c1-27-13-11-21-20-6-4-3-5-17(20)7-9-22(21)26(27)18(15-23(27)30-32)8-10-25(31)29-24-16-19(33-2)12-14-28-24/h3-6,12,14,16,18,21-22,25-26,31-32H,7-11,13,15H2,1-2H3,(H,28,29)/b30-23+/t18-,21?,22?,25?,26?,27-/m1/s1. The van der Waals surface area contributed by atoms with E-state index in [1.807, 2.05) is 0 Å². The van der Waals surface area contributed by atoms with Crippen LogP contribution in [0.5, 0.6) is 5.75 Å². The Morgan fingerprint density at radius 2 is 2.12 bits per heavy atom. The van der Waals surface area contributed by atoms with Crippen molar-refractivity contribution < 1.29 is 15.1 Å². The van der Waals surface area contributed by atoms with Gasteiger partial charge in [-0.1, -0.05) is 36.3 Å². The van der Waals surface area contributed by atoms with Gasteiger partial charge in [-0.15, -0.1) is 0 Å². The Morgan fingerprint density at radius 1 is 1.27 bits per heavy atom. The van der Waals surface area contributed by atoms with Crippen molar-refractivity contribution in [1.29, 1.82) is 0 Å². The Kier molecular flexibility index (Phi) is 6.04. The third-order valence-corrected chi connectivity index (χ3v) is 8.73. The van der Waals surface area contributed by atoms with E-state index >= 15 is 0 Å². The summed E-state index contributed by atoms with van der Waals surface area (Å²) in [7, 11) is 1.62. The van der Waals surface area contributed by atoms with Crippen LogP contribution in [0.1, 0.15) is 62.5 Å². The van der Waals surface area contributed by atoms with Crippen LogP contribution >= 0.6 is 0 Å². The highest BCUT2D eigenvalue weighted by Gasteiger charge is 2.57. The Morgan fingerprint density at radius 3 is 2.94 bits per heavy atom. The van der Waals surface area contributed by atoms with Crippen LogP contribution in [0.2, 0.25) is 0 Å². The second-order valence-corrected chi connectivity index (χ2v) is 10.3. The van der Waals surface area contributed by atoms with Gasteiger partial charge in [0.15, 0.2) is 0 Å². The molecular formula is C27H35N3O3. The number of aryl methyl sites for hydroxylation is 1. The molecule has 5 rings (SSSR count). The second-order valence-electron chi connectivity index (χ2n) is 10.3. The summed E-state index contributed by atoms with van der Waals surface area (Å²) in [5, 5.41) is 27.5. The van der Waals surface area contributed by atoms with E-state index in [4.69, 9.17) is 4.74 Å². The predicted molar refractivity (Wildman–Crippen MR) is 129 cm³/mol. The second kappa shape index (κ2) is 8.98. The summed E-state index contributed by atoms with van der Waals surface area (Å²) in [5.41, 5.74) is 3.97. The van der Waals surface area contributed by atoms with E-state index in [1.54, 1.807) is 25.4 Å². The summed E-state index contributed by atoms with van der Waals surface area (Å²) in [4.78, 5) is 4.28. The van der Waals surface area contributed by atoms with Gasteiger partial charge < -0.3 is 20.4 Å². The molecule has 0 amide bonds. The minimum absolute atomic E-state index is 0.0421. The molecule has 33 heavy (non-hydrogen) atoms. The number of fused-ring (bicyclic) bond motifs is 5. The summed E-state index contributed by atoms with van der Waals surface area (Å²) < 4.78 is 5.25. The SMILES string of the molecule is COc1ccnc(NC(O)CC[C@@H]2C/C(=N\O)[C@@]3(C)CCC4c5ccccc5CCC4C23)c1. The van der Waals surface area contributed by atoms with Gasteiger partial charge >= 0.3 is 0 Å². The third kappa shape index (κ3) is 3.99. The van der Waals surface area contributed by atoms with Gasteiger partial charge in [-0.05, 0) is 85.8 Å². The summed E-state index contributed by atoms with van der Waals surface area (Å²) in [6.07, 6.45) is 7.89. The van der Waals surface area contributed by atoms with Gasteiger partial charge in [0.25, 0.3) is 0 Å². The molecule has 2 saturated carbocycles. The van der Waals surface area contributed by atoms with Gasteiger partial charge in [0, 0.05) is 17.7 Å². The highest BCUT2D eigenvalue weighted by Crippen LogP contribution is 2.62. The van der Waals surface area contributed by atoms with Crippen LogP contribution in [0.25, 0.3) is 0 Å². The number of nitrogens with one attached hydrogen (secondary N) is 1. The normalized spacial score (nSPS) is 32.5. The van der Waals surface area contributed by atoms with Crippen LogP contribution in [0, 0.1) is 23.2 Å². The minimum Gasteiger partial charge on any atom is -0.497 e. The average molecular weight is 450 g/mol. The van der Waals surface area contributed by atoms with Crippen LogP contribution < -0.4 is 10.1 Å². The maximum atomic E-state index is 10.7. The van der Waals surface area contributed by atoms with Gasteiger partial charge in [-0.25, -0.2) is 4.98 Å². The molecule has 6 heteroatoms. The Balaban J connectivity index is 1.32. The largest absolute Gasteiger partial charge is 0.497 e. The van der Waals surface area contributed by atoms with E-state index < -0.39 is 6.23 Å². The van der Waals surface area contributed by atoms with E-state index in [1.165, 1.54) is 17.5 Å².